The molecule has 0 bridgehead atoms. The predicted molar refractivity (Wildman–Crippen MR) is 205 cm³/mol. The van der Waals surface area contributed by atoms with E-state index in [1.54, 1.807) is 0 Å². The van der Waals surface area contributed by atoms with Crippen LogP contribution in [0.2, 0.25) is 0 Å². The molecular formula is C43H78O5. The fraction of sp³-hybridized carbons (Fsp3) is 0.814. The Morgan fingerprint density at radius 2 is 0.833 bits per heavy atom. The second-order valence-corrected chi connectivity index (χ2v) is 13.7. The summed E-state index contributed by atoms with van der Waals surface area (Å²) in [7, 11) is 0. The number of esters is 2. The van der Waals surface area contributed by atoms with E-state index in [2.05, 4.69) is 50.3 Å². The third-order valence-corrected chi connectivity index (χ3v) is 8.94. The Hall–Kier alpha value is -1.88. The van der Waals surface area contributed by atoms with Crippen molar-refractivity contribution in [1.82, 2.24) is 0 Å². The fourth-order valence-corrected chi connectivity index (χ4v) is 5.80. The molecule has 0 aromatic carbocycles. The second-order valence-electron chi connectivity index (χ2n) is 13.7. The normalized spacial score (nSPS) is 12.5. The summed E-state index contributed by atoms with van der Waals surface area (Å²) in [5, 5.41) is 9.55. The van der Waals surface area contributed by atoms with Gasteiger partial charge in [0.1, 0.15) is 6.61 Å². The number of ether oxygens (including phenoxy) is 2. The van der Waals surface area contributed by atoms with Gasteiger partial charge in [-0.1, -0.05) is 179 Å². The van der Waals surface area contributed by atoms with Gasteiger partial charge in [-0.25, -0.2) is 0 Å². The highest BCUT2D eigenvalue weighted by Gasteiger charge is 2.16. The van der Waals surface area contributed by atoms with Gasteiger partial charge in [0, 0.05) is 12.8 Å². The first-order valence-electron chi connectivity index (χ1n) is 20.5. The lowest BCUT2D eigenvalue weighted by Crippen LogP contribution is -2.28. The monoisotopic (exact) mass is 675 g/mol. The van der Waals surface area contributed by atoms with E-state index < -0.39 is 6.10 Å². The first-order valence-corrected chi connectivity index (χ1v) is 20.5. The van der Waals surface area contributed by atoms with Crippen LogP contribution in [0.15, 0.2) is 36.5 Å². The zero-order valence-electron chi connectivity index (χ0n) is 31.7. The molecule has 1 N–H and O–H groups in total. The van der Waals surface area contributed by atoms with Crippen LogP contribution < -0.4 is 0 Å². The molecule has 0 aliphatic rings. The summed E-state index contributed by atoms with van der Waals surface area (Å²) < 4.78 is 10.6. The Morgan fingerprint density at radius 1 is 0.479 bits per heavy atom. The van der Waals surface area contributed by atoms with Gasteiger partial charge < -0.3 is 14.6 Å². The van der Waals surface area contributed by atoms with Crippen molar-refractivity contribution in [3.8, 4) is 0 Å². The molecule has 0 rings (SSSR count). The van der Waals surface area contributed by atoms with Gasteiger partial charge in [0.2, 0.25) is 0 Å². The highest BCUT2D eigenvalue weighted by Crippen LogP contribution is 2.15. The number of carbonyl (C=O) groups excluding carboxylic acids is 2. The van der Waals surface area contributed by atoms with Crippen LogP contribution in [-0.4, -0.2) is 36.4 Å². The summed E-state index contributed by atoms with van der Waals surface area (Å²) in [4.78, 5) is 24.2. The SMILES string of the molecule is CCCCCC=CCC=CCC=CCCCCC(=O)OC(CO)COC(=O)CCCCCCCCCCCCCCCCCCCCC. The lowest BCUT2D eigenvalue weighted by Gasteiger charge is -2.15. The number of carbonyl (C=O) groups is 2. The molecule has 0 amide bonds. The number of hydrogen-bond acceptors (Lipinski definition) is 5. The van der Waals surface area contributed by atoms with E-state index in [1.807, 2.05) is 0 Å². The maximum Gasteiger partial charge on any atom is 0.306 e. The van der Waals surface area contributed by atoms with Crippen LogP contribution in [0.4, 0.5) is 0 Å². The average Bonchev–Trinajstić information content (AvgIpc) is 3.09. The molecule has 1 unspecified atom stereocenters. The van der Waals surface area contributed by atoms with Gasteiger partial charge in [-0.2, -0.15) is 0 Å². The first-order chi connectivity index (χ1) is 23.6. The summed E-state index contributed by atoms with van der Waals surface area (Å²) in [6, 6.07) is 0. The van der Waals surface area contributed by atoms with Gasteiger partial charge in [0.05, 0.1) is 6.61 Å². The van der Waals surface area contributed by atoms with Crippen molar-refractivity contribution in [3.05, 3.63) is 36.5 Å². The van der Waals surface area contributed by atoms with Crippen LogP contribution in [0, 0.1) is 0 Å². The molecule has 0 aliphatic carbocycles. The van der Waals surface area contributed by atoms with Crippen molar-refractivity contribution in [2.24, 2.45) is 0 Å². The molecule has 48 heavy (non-hydrogen) atoms. The van der Waals surface area contributed by atoms with Gasteiger partial charge in [-0.05, 0) is 51.4 Å². The molecule has 0 aliphatic heterocycles. The van der Waals surface area contributed by atoms with Crippen molar-refractivity contribution in [2.45, 2.75) is 213 Å². The van der Waals surface area contributed by atoms with Gasteiger partial charge >= 0.3 is 11.9 Å². The van der Waals surface area contributed by atoms with Crippen molar-refractivity contribution in [2.75, 3.05) is 13.2 Å². The molecular weight excluding hydrogens is 596 g/mol. The minimum atomic E-state index is -0.788. The molecule has 0 saturated carbocycles. The minimum Gasteiger partial charge on any atom is -0.462 e. The molecule has 0 aromatic rings. The predicted octanol–water partition coefficient (Wildman–Crippen LogP) is 12.8. The van der Waals surface area contributed by atoms with E-state index >= 15 is 0 Å². The number of unbranched alkanes of at least 4 members (excludes halogenated alkanes) is 23. The van der Waals surface area contributed by atoms with Gasteiger partial charge in [-0.3, -0.25) is 9.59 Å². The largest absolute Gasteiger partial charge is 0.462 e. The summed E-state index contributed by atoms with van der Waals surface area (Å²) in [6.07, 6.45) is 47.8. The number of aliphatic hydroxyl groups is 1. The van der Waals surface area contributed by atoms with Gasteiger partial charge in [-0.15, -0.1) is 0 Å². The average molecular weight is 675 g/mol. The number of hydrogen-bond donors (Lipinski definition) is 1. The smallest absolute Gasteiger partial charge is 0.306 e. The van der Waals surface area contributed by atoms with Crippen LogP contribution in [0.25, 0.3) is 0 Å². The Labute approximate surface area is 297 Å². The molecule has 280 valence electrons. The lowest BCUT2D eigenvalue weighted by atomic mass is 10.0. The van der Waals surface area contributed by atoms with E-state index in [1.165, 1.54) is 128 Å². The maximum absolute atomic E-state index is 12.1. The molecule has 0 radical (unpaired) electrons. The number of aliphatic hydroxyl groups excluding tert-OH is 1. The zero-order valence-corrected chi connectivity index (χ0v) is 31.7. The van der Waals surface area contributed by atoms with E-state index in [9.17, 15) is 14.7 Å². The van der Waals surface area contributed by atoms with E-state index in [4.69, 9.17) is 9.47 Å². The Morgan fingerprint density at radius 3 is 1.29 bits per heavy atom. The maximum atomic E-state index is 12.1. The molecule has 1 atom stereocenters. The molecule has 5 heteroatoms. The fourth-order valence-electron chi connectivity index (χ4n) is 5.80. The van der Waals surface area contributed by atoms with Crippen LogP contribution in [0.1, 0.15) is 206 Å². The molecule has 0 saturated heterocycles. The standard InChI is InChI=1S/C43H78O5/c1-3-5-7-9-11-13-15-17-19-20-21-22-24-25-27-29-31-33-35-37-42(45)47-40-41(39-44)48-43(46)38-36-34-32-30-28-26-23-18-16-14-12-10-8-6-4-2/h12,14,18,23,28,30,41,44H,3-11,13,15-17,19-22,24-27,29,31-40H2,1-2H3. The first kappa shape index (κ1) is 46.1. The molecule has 5 nitrogen and oxygen atoms in total. The quantitative estimate of drug-likeness (QED) is 0.0403. The zero-order chi connectivity index (χ0) is 35.0. The Bertz CT molecular complexity index is 771. The molecule has 0 spiro atoms. The van der Waals surface area contributed by atoms with Crippen LogP contribution in [0.5, 0.6) is 0 Å². The van der Waals surface area contributed by atoms with Crippen molar-refractivity contribution in [3.63, 3.8) is 0 Å². The summed E-state index contributed by atoms with van der Waals surface area (Å²) in [6.45, 7) is 4.09. The second kappa shape index (κ2) is 39.6. The topological polar surface area (TPSA) is 72.8 Å². The van der Waals surface area contributed by atoms with Crippen LogP contribution >= 0.6 is 0 Å². The lowest BCUT2D eigenvalue weighted by molar-refractivity contribution is -0.161. The van der Waals surface area contributed by atoms with Crippen molar-refractivity contribution in [1.29, 1.82) is 0 Å². The van der Waals surface area contributed by atoms with Gasteiger partial charge in [0.25, 0.3) is 0 Å². The summed E-state index contributed by atoms with van der Waals surface area (Å²) in [5.74, 6) is -0.629. The minimum absolute atomic E-state index is 0.0783. The van der Waals surface area contributed by atoms with E-state index in [-0.39, 0.29) is 25.2 Å². The van der Waals surface area contributed by atoms with Crippen LogP contribution in [-0.2, 0) is 19.1 Å². The third kappa shape index (κ3) is 36.9. The highest BCUT2D eigenvalue weighted by atomic mass is 16.6. The third-order valence-electron chi connectivity index (χ3n) is 8.94. The van der Waals surface area contributed by atoms with E-state index in [0.717, 1.165) is 51.4 Å². The van der Waals surface area contributed by atoms with Crippen molar-refractivity contribution >= 4 is 11.9 Å². The van der Waals surface area contributed by atoms with Gasteiger partial charge in [0.15, 0.2) is 6.10 Å². The Balaban J connectivity index is 3.56. The molecule has 0 aromatic heterocycles. The van der Waals surface area contributed by atoms with Crippen molar-refractivity contribution < 1.29 is 24.2 Å². The van der Waals surface area contributed by atoms with Crippen LogP contribution in [0.3, 0.4) is 0 Å². The number of rotatable bonds is 37. The highest BCUT2D eigenvalue weighted by molar-refractivity contribution is 5.70. The summed E-state index contributed by atoms with van der Waals surface area (Å²) in [5.41, 5.74) is 0. The number of allylic oxidation sites excluding steroid dienone is 6. The molecule has 0 heterocycles. The van der Waals surface area contributed by atoms with E-state index in [0.29, 0.717) is 12.8 Å². The molecule has 0 fully saturated rings. The Kier molecular flexibility index (Phi) is 38.0. The summed E-state index contributed by atoms with van der Waals surface area (Å²) >= 11 is 0.